The van der Waals surface area contributed by atoms with Gasteiger partial charge in [0.05, 0.1) is 22.7 Å². The van der Waals surface area contributed by atoms with Gasteiger partial charge in [-0.15, -0.1) is 0 Å². The number of benzene rings is 1. The molecule has 3 nitrogen and oxygen atoms in total. The van der Waals surface area contributed by atoms with Gasteiger partial charge in [-0.3, -0.25) is 4.79 Å². The minimum absolute atomic E-state index is 0.497. The van der Waals surface area contributed by atoms with Crippen LogP contribution in [0.5, 0.6) is 0 Å². The fraction of sp³-hybridized carbons (Fsp3) is 0.562. The molecule has 1 aliphatic rings. The Morgan fingerprint density at radius 1 is 1.35 bits per heavy atom. The lowest BCUT2D eigenvalue weighted by molar-refractivity contribution is -0.157. The largest absolute Gasteiger partial charge is 0.469 e. The van der Waals surface area contributed by atoms with Gasteiger partial charge in [-0.1, -0.05) is 36.8 Å². The summed E-state index contributed by atoms with van der Waals surface area (Å²) in [6.07, 6.45) is -0.113. The van der Waals surface area contributed by atoms with Crippen molar-refractivity contribution in [3.8, 4) is 0 Å². The first-order valence-electron chi connectivity index (χ1n) is 9.75. The monoisotopic (exact) mass is 298 g/mol. The van der Waals surface area contributed by atoms with Crippen molar-refractivity contribution in [2.24, 2.45) is 5.41 Å². The maximum absolute atomic E-state index is 12.5. The lowest BCUT2D eigenvalue weighted by Crippen LogP contribution is -2.47. The number of rotatable bonds is 5. The Bertz CT molecular complexity index is 638. The molecule has 1 aromatic rings. The van der Waals surface area contributed by atoms with E-state index in [2.05, 4.69) is 4.74 Å². The SMILES string of the molecule is [2H]C([2H])([2H])OC(=O)C(C)(C)C(O[Si]1(C([2H])([2H])[2H])CCC1)c1ccccc1. The lowest BCUT2D eigenvalue weighted by Gasteiger charge is -2.43. The summed E-state index contributed by atoms with van der Waals surface area (Å²) < 4.78 is 56.1. The second kappa shape index (κ2) is 5.70. The zero-order valence-electron chi connectivity index (χ0n) is 17.8. The molecule has 0 amide bonds. The van der Waals surface area contributed by atoms with Crippen LogP contribution < -0.4 is 0 Å². The summed E-state index contributed by atoms with van der Waals surface area (Å²) in [5.74, 6) is -0.944. The molecule has 1 aliphatic heterocycles. The van der Waals surface area contributed by atoms with Crippen molar-refractivity contribution >= 4 is 14.3 Å². The van der Waals surface area contributed by atoms with E-state index in [0.717, 1.165) is 6.42 Å². The predicted octanol–water partition coefficient (Wildman–Crippen LogP) is 3.92. The van der Waals surface area contributed by atoms with E-state index >= 15 is 0 Å². The van der Waals surface area contributed by atoms with Crippen LogP contribution in [-0.4, -0.2) is 21.3 Å². The maximum Gasteiger partial charge on any atom is 0.314 e. The highest BCUT2D eigenvalue weighted by Crippen LogP contribution is 2.44. The van der Waals surface area contributed by atoms with E-state index in [1.807, 2.05) is 0 Å². The van der Waals surface area contributed by atoms with E-state index in [1.165, 1.54) is 13.8 Å². The first-order chi connectivity index (χ1) is 11.8. The van der Waals surface area contributed by atoms with Gasteiger partial charge in [0, 0.05) is 4.11 Å². The molecular formula is C16H24O3Si. The van der Waals surface area contributed by atoms with Crippen LogP contribution in [0.2, 0.25) is 18.6 Å². The number of hydrogen-bond acceptors (Lipinski definition) is 3. The molecule has 1 fully saturated rings. The Kier molecular flexibility index (Phi) is 2.56. The Morgan fingerprint density at radius 3 is 2.55 bits per heavy atom. The summed E-state index contributed by atoms with van der Waals surface area (Å²) >= 11 is 0. The Balaban J connectivity index is 2.40. The van der Waals surface area contributed by atoms with E-state index in [-0.39, 0.29) is 0 Å². The molecule has 110 valence electrons. The maximum atomic E-state index is 12.5. The van der Waals surface area contributed by atoms with Crippen LogP contribution in [0, 0.1) is 5.41 Å². The molecule has 2 rings (SSSR count). The number of carbonyl (C=O) groups excluding carboxylic acids is 1. The number of carbonyl (C=O) groups is 1. The van der Waals surface area contributed by atoms with Crippen LogP contribution >= 0.6 is 0 Å². The van der Waals surface area contributed by atoms with Gasteiger partial charge in [0.25, 0.3) is 0 Å². The molecule has 0 radical (unpaired) electrons. The van der Waals surface area contributed by atoms with E-state index in [4.69, 9.17) is 12.7 Å². The molecule has 0 N–H and O–H groups in total. The molecule has 0 aromatic heterocycles. The van der Waals surface area contributed by atoms with Crippen molar-refractivity contribution in [2.75, 3.05) is 7.04 Å². The number of esters is 1. The summed E-state index contributed by atoms with van der Waals surface area (Å²) in [5.41, 5.74) is -0.737. The normalized spacial score (nSPS) is 24.7. The van der Waals surface area contributed by atoms with E-state index in [0.29, 0.717) is 17.7 Å². The van der Waals surface area contributed by atoms with E-state index in [9.17, 15) is 4.79 Å². The fourth-order valence-corrected chi connectivity index (χ4v) is 4.45. The van der Waals surface area contributed by atoms with E-state index in [1.54, 1.807) is 30.3 Å². The van der Waals surface area contributed by atoms with Gasteiger partial charge in [-0.25, -0.2) is 0 Å². The average Bonchev–Trinajstić information content (AvgIpc) is 2.43. The van der Waals surface area contributed by atoms with Gasteiger partial charge in [0.15, 0.2) is 8.32 Å². The van der Waals surface area contributed by atoms with Crippen LogP contribution in [0.1, 0.15) is 40.2 Å². The molecular weight excluding hydrogens is 268 g/mol. The standard InChI is InChI=1S/C16H24O3Si/c1-16(2,15(17)18-3)14(13-9-6-5-7-10-13)19-20(4)11-8-12-20/h5-7,9-10,14H,8,11-12H2,1-4H3/i3D3,4D3. The first kappa shape index (κ1) is 9.00. The molecule has 1 atom stereocenters. The molecule has 1 saturated heterocycles. The first-order valence-corrected chi connectivity index (χ1v) is 9.07. The number of methoxy groups -OCH3 is 1. The summed E-state index contributed by atoms with van der Waals surface area (Å²) in [6.45, 7) is 0.848. The lowest BCUT2D eigenvalue weighted by atomic mass is 9.83. The van der Waals surface area contributed by atoms with Gasteiger partial charge < -0.3 is 9.16 Å². The number of hydrogen-bond donors (Lipinski definition) is 0. The smallest absolute Gasteiger partial charge is 0.314 e. The highest BCUT2D eigenvalue weighted by molar-refractivity contribution is 6.75. The summed E-state index contributed by atoms with van der Waals surface area (Å²) in [7, 11) is -5.92. The zero-order chi connectivity index (χ0) is 19.8. The van der Waals surface area contributed by atoms with Crippen molar-refractivity contribution in [1.29, 1.82) is 0 Å². The molecule has 0 spiro atoms. The van der Waals surface area contributed by atoms with Gasteiger partial charge in [-0.05, 0) is 38.0 Å². The average molecular weight is 298 g/mol. The van der Waals surface area contributed by atoms with E-state index < -0.39 is 39.3 Å². The molecule has 1 unspecified atom stereocenters. The molecule has 0 saturated carbocycles. The topological polar surface area (TPSA) is 35.5 Å². The fourth-order valence-electron chi connectivity index (χ4n) is 2.34. The van der Waals surface area contributed by atoms with Gasteiger partial charge in [0.1, 0.15) is 0 Å². The van der Waals surface area contributed by atoms with Crippen molar-refractivity contribution in [3.63, 3.8) is 0 Å². The van der Waals surface area contributed by atoms with Crippen LogP contribution in [0.25, 0.3) is 0 Å². The minimum Gasteiger partial charge on any atom is -0.469 e. The molecule has 1 heterocycles. The van der Waals surface area contributed by atoms with Crippen LogP contribution in [0.3, 0.4) is 0 Å². The van der Waals surface area contributed by atoms with Gasteiger partial charge >= 0.3 is 5.97 Å². The third-order valence-corrected chi connectivity index (χ3v) is 6.89. The molecule has 1 aromatic carbocycles. The van der Waals surface area contributed by atoms with Crippen LogP contribution in [0.15, 0.2) is 30.3 Å². The second-order valence-electron chi connectivity index (χ2n) is 5.87. The number of ether oxygens (including phenoxy) is 1. The van der Waals surface area contributed by atoms with Crippen molar-refractivity contribution < 1.29 is 22.2 Å². The van der Waals surface area contributed by atoms with Crippen molar-refractivity contribution in [3.05, 3.63) is 35.9 Å². The Labute approximate surface area is 130 Å². The molecule has 20 heavy (non-hydrogen) atoms. The quantitative estimate of drug-likeness (QED) is 0.610. The van der Waals surface area contributed by atoms with Crippen molar-refractivity contribution in [1.82, 2.24) is 0 Å². The second-order valence-corrected chi connectivity index (χ2v) is 9.09. The third-order valence-electron chi connectivity index (χ3n) is 3.88. The third kappa shape index (κ3) is 2.96. The van der Waals surface area contributed by atoms with Crippen LogP contribution in [0.4, 0.5) is 0 Å². The minimum atomic E-state index is -3.05. The molecule has 0 aliphatic carbocycles. The summed E-state index contributed by atoms with van der Waals surface area (Å²) in [5, 5.41) is 0. The molecule has 4 heteroatoms. The van der Waals surface area contributed by atoms with Crippen molar-refractivity contribution in [2.45, 2.75) is 44.9 Å². The molecule has 0 bridgehead atoms. The summed E-state index contributed by atoms with van der Waals surface area (Å²) in [4.78, 5) is 12.5. The van der Waals surface area contributed by atoms with Gasteiger partial charge in [-0.2, -0.15) is 0 Å². The zero-order valence-corrected chi connectivity index (χ0v) is 12.8. The van der Waals surface area contributed by atoms with Gasteiger partial charge in [0.2, 0.25) is 0 Å². The van der Waals surface area contributed by atoms with Crippen LogP contribution in [-0.2, 0) is 14.0 Å². The highest BCUT2D eigenvalue weighted by Gasteiger charge is 2.46. The highest BCUT2D eigenvalue weighted by atomic mass is 28.4. The Hall–Kier alpha value is -1.13. The Morgan fingerprint density at radius 2 is 2.05 bits per heavy atom. The predicted molar refractivity (Wildman–Crippen MR) is 81.9 cm³/mol. The summed E-state index contributed by atoms with van der Waals surface area (Å²) in [6, 6.07) is 9.82.